The zero-order valence-electron chi connectivity index (χ0n) is 16.9. The minimum absolute atomic E-state index is 0.0266. The second-order valence-corrected chi connectivity index (χ2v) is 8.09. The third kappa shape index (κ3) is 4.90. The number of benzene rings is 1. The lowest BCUT2D eigenvalue weighted by Gasteiger charge is -2.23. The van der Waals surface area contributed by atoms with Gasteiger partial charge < -0.3 is 24.1 Å². The Bertz CT molecular complexity index is 565. The van der Waals surface area contributed by atoms with E-state index in [-0.39, 0.29) is 55.1 Å². The van der Waals surface area contributed by atoms with Crippen molar-refractivity contribution in [3.8, 4) is 0 Å². The van der Waals surface area contributed by atoms with E-state index in [4.69, 9.17) is 18.9 Å². The van der Waals surface area contributed by atoms with E-state index in [1.165, 1.54) is 5.56 Å². The van der Waals surface area contributed by atoms with Gasteiger partial charge in [-0.2, -0.15) is 0 Å². The van der Waals surface area contributed by atoms with Crippen molar-refractivity contribution < 1.29 is 24.1 Å². The molecule has 152 valence electrons. The van der Waals surface area contributed by atoms with Crippen molar-refractivity contribution in [2.24, 2.45) is 23.7 Å². The normalized spacial score (nSPS) is 39.1. The van der Waals surface area contributed by atoms with Crippen LogP contribution in [0.3, 0.4) is 0 Å². The molecular weight excluding hydrogens is 344 g/mol. The van der Waals surface area contributed by atoms with Gasteiger partial charge in [0.05, 0.1) is 25.4 Å². The molecule has 1 N–H and O–H groups in total. The van der Waals surface area contributed by atoms with Crippen LogP contribution in [0.4, 0.5) is 0 Å². The summed E-state index contributed by atoms with van der Waals surface area (Å²) >= 11 is 0. The van der Waals surface area contributed by atoms with Gasteiger partial charge in [0.15, 0.2) is 12.6 Å². The molecule has 2 heterocycles. The second-order valence-electron chi connectivity index (χ2n) is 8.09. The van der Waals surface area contributed by atoms with E-state index >= 15 is 0 Å². The molecule has 2 fully saturated rings. The van der Waals surface area contributed by atoms with Gasteiger partial charge in [0.1, 0.15) is 0 Å². The molecular formula is C22H34O5. The number of aliphatic hydroxyl groups is 1. The lowest BCUT2D eigenvalue weighted by Crippen LogP contribution is -2.29. The van der Waals surface area contributed by atoms with Gasteiger partial charge >= 0.3 is 0 Å². The molecule has 27 heavy (non-hydrogen) atoms. The zero-order chi connectivity index (χ0) is 19.4. The molecule has 0 bridgehead atoms. The number of hydrogen-bond donors (Lipinski definition) is 1. The van der Waals surface area contributed by atoms with Crippen molar-refractivity contribution in [3.05, 3.63) is 35.9 Å². The molecule has 0 unspecified atom stereocenters. The second kappa shape index (κ2) is 9.48. The fraction of sp³-hybridized carbons (Fsp3) is 0.727. The Morgan fingerprint density at radius 1 is 0.852 bits per heavy atom. The molecule has 3 rings (SSSR count). The predicted molar refractivity (Wildman–Crippen MR) is 103 cm³/mol. The molecule has 2 saturated heterocycles. The first kappa shape index (κ1) is 20.7. The van der Waals surface area contributed by atoms with E-state index in [2.05, 4.69) is 32.9 Å². The molecule has 5 heteroatoms. The quantitative estimate of drug-likeness (QED) is 0.753. The van der Waals surface area contributed by atoms with Crippen molar-refractivity contribution in [2.45, 2.75) is 58.9 Å². The van der Waals surface area contributed by atoms with Crippen LogP contribution in [0, 0.1) is 23.7 Å². The molecule has 2 aliphatic rings. The van der Waals surface area contributed by atoms with Gasteiger partial charge in [0.25, 0.3) is 0 Å². The Kier molecular flexibility index (Phi) is 7.29. The number of hydrogen-bond acceptors (Lipinski definition) is 5. The summed E-state index contributed by atoms with van der Waals surface area (Å²) in [6, 6.07) is 10.4. The highest BCUT2D eigenvalue weighted by Gasteiger charge is 2.43. The Morgan fingerprint density at radius 3 is 2.07 bits per heavy atom. The lowest BCUT2D eigenvalue weighted by atomic mass is 9.92. The SMILES string of the molecule is C[C@@H]1[C@H](OC[C@H]2[C@H](C)[C@H](OCCc3ccccc3)O[C@@H]2C)O[C@H](C)[C@H]1CO. The largest absolute Gasteiger partial charge is 0.396 e. The summed E-state index contributed by atoms with van der Waals surface area (Å²) in [5, 5.41) is 9.52. The fourth-order valence-corrected chi connectivity index (χ4v) is 4.26. The average molecular weight is 379 g/mol. The van der Waals surface area contributed by atoms with Crippen LogP contribution in [0.2, 0.25) is 0 Å². The minimum Gasteiger partial charge on any atom is -0.396 e. The first-order valence-corrected chi connectivity index (χ1v) is 10.2. The van der Waals surface area contributed by atoms with Crippen LogP contribution >= 0.6 is 0 Å². The molecule has 5 nitrogen and oxygen atoms in total. The Morgan fingerprint density at radius 2 is 1.44 bits per heavy atom. The topological polar surface area (TPSA) is 57.2 Å². The van der Waals surface area contributed by atoms with E-state index < -0.39 is 0 Å². The van der Waals surface area contributed by atoms with E-state index in [0.717, 1.165) is 6.42 Å². The van der Waals surface area contributed by atoms with E-state index in [1.807, 2.05) is 25.1 Å². The molecule has 1 aromatic carbocycles. The summed E-state index contributed by atoms with van der Waals surface area (Å²) in [7, 11) is 0. The van der Waals surface area contributed by atoms with Crippen LogP contribution < -0.4 is 0 Å². The van der Waals surface area contributed by atoms with Gasteiger partial charge in [0.2, 0.25) is 0 Å². The van der Waals surface area contributed by atoms with Crippen molar-refractivity contribution in [2.75, 3.05) is 19.8 Å². The van der Waals surface area contributed by atoms with Crippen molar-refractivity contribution >= 4 is 0 Å². The molecule has 0 amide bonds. The predicted octanol–water partition coefficient (Wildman–Crippen LogP) is 3.25. The molecule has 0 saturated carbocycles. The van der Waals surface area contributed by atoms with Crippen LogP contribution in [0.15, 0.2) is 30.3 Å². The summed E-state index contributed by atoms with van der Waals surface area (Å²) in [5.41, 5.74) is 1.27. The van der Waals surface area contributed by atoms with Crippen LogP contribution in [0.1, 0.15) is 33.3 Å². The van der Waals surface area contributed by atoms with Gasteiger partial charge in [-0.1, -0.05) is 44.2 Å². The maximum atomic E-state index is 9.52. The number of rotatable bonds is 8. The maximum absolute atomic E-state index is 9.52. The standard InChI is InChI=1S/C22H34O5/c1-14-19(12-23)16(3)26-22(14)25-13-20-15(2)21(27-17(20)4)24-11-10-18-8-6-5-7-9-18/h5-9,14-17,19-23H,10-13H2,1-4H3/t14-,15-,16+,17+,19-,20-,21+,22+/m0/s1. The molecule has 2 aliphatic heterocycles. The van der Waals surface area contributed by atoms with E-state index in [1.54, 1.807) is 0 Å². The highest BCUT2D eigenvalue weighted by molar-refractivity contribution is 5.14. The summed E-state index contributed by atoms with van der Waals surface area (Å²) in [6.07, 6.45) is 0.554. The van der Waals surface area contributed by atoms with Crippen LogP contribution in [0.5, 0.6) is 0 Å². The van der Waals surface area contributed by atoms with Gasteiger partial charge in [-0.25, -0.2) is 0 Å². The summed E-state index contributed by atoms with van der Waals surface area (Å²) in [4.78, 5) is 0. The van der Waals surface area contributed by atoms with Gasteiger partial charge in [0, 0.05) is 30.3 Å². The molecule has 0 radical (unpaired) electrons. The lowest BCUT2D eigenvalue weighted by molar-refractivity contribution is -0.156. The monoisotopic (exact) mass is 378 g/mol. The molecule has 0 spiro atoms. The third-order valence-electron chi connectivity index (χ3n) is 6.29. The number of ether oxygens (including phenoxy) is 4. The van der Waals surface area contributed by atoms with E-state index in [9.17, 15) is 5.11 Å². The highest BCUT2D eigenvalue weighted by Crippen LogP contribution is 2.36. The Balaban J connectivity index is 1.45. The minimum atomic E-state index is -0.255. The van der Waals surface area contributed by atoms with Crippen molar-refractivity contribution in [1.82, 2.24) is 0 Å². The van der Waals surface area contributed by atoms with Crippen LogP contribution in [0.25, 0.3) is 0 Å². The molecule has 8 atom stereocenters. The molecule has 1 aromatic rings. The van der Waals surface area contributed by atoms with Crippen molar-refractivity contribution in [1.29, 1.82) is 0 Å². The Labute approximate surface area is 163 Å². The van der Waals surface area contributed by atoms with Gasteiger partial charge in [-0.05, 0) is 25.8 Å². The van der Waals surface area contributed by atoms with Crippen LogP contribution in [-0.4, -0.2) is 49.7 Å². The first-order valence-electron chi connectivity index (χ1n) is 10.2. The maximum Gasteiger partial charge on any atom is 0.160 e. The third-order valence-corrected chi connectivity index (χ3v) is 6.29. The first-order chi connectivity index (χ1) is 13.0. The fourth-order valence-electron chi connectivity index (χ4n) is 4.26. The van der Waals surface area contributed by atoms with Gasteiger partial charge in [-0.15, -0.1) is 0 Å². The van der Waals surface area contributed by atoms with Crippen LogP contribution in [-0.2, 0) is 25.4 Å². The summed E-state index contributed by atoms with van der Waals surface area (Å²) in [6.45, 7) is 9.72. The average Bonchev–Trinajstić information content (AvgIpc) is 3.09. The van der Waals surface area contributed by atoms with Gasteiger partial charge in [-0.3, -0.25) is 0 Å². The number of aliphatic hydroxyl groups excluding tert-OH is 1. The smallest absolute Gasteiger partial charge is 0.160 e. The Hall–Kier alpha value is -0.980. The molecule has 0 aliphatic carbocycles. The van der Waals surface area contributed by atoms with Crippen molar-refractivity contribution in [3.63, 3.8) is 0 Å². The zero-order valence-corrected chi connectivity index (χ0v) is 16.9. The van der Waals surface area contributed by atoms with E-state index in [0.29, 0.717) is 13.2 Å². The summed E-state index contributed by atoms with van der Waals surface area (Å²) in [5.74, 6) is 0.860. The molecule has 0 aromatic heterocycles. The summed E-state index contributed by atoms with van der Waals surface area (Å²) < 4.78 is 24.1. The highest BCUT2D eigenvalue weighted by atomic mass is 16.7.